The molecule has 2 aromatic carbocycles. The number of hydrogen-bond donors (Lipinski definition) is 1. The number of esters is 1. The van der Waals surface area contributed by atoms with Crippen molar-refractivity contribution in [3.8, 4) is 0 Å². The Bertz CT molecular complexity index is 1190. The summed E-state index contributed by atoms with van der Waals surface area (Å²) in [6.45, 7) is 2.27. The number of benzene rings is 2. The van der Waals surface area contributed by atoms with Crippen molar-refractivity contribution in [2.75, 3.05) is 6.54 Å². The van der Waals surface area contributed by atoms with Gasteiger partial charge in [-0.15, -0.1) is 0 Å². The molecule has 2 N–H and O–H groups in total. The van der Waals surface area contributed by atoms with Crippen LogP contribution in [-0.2, 0) is 16.0 Å². The lowest BCUT2D eigenvalue weighted by atomic mass is 9.96. The Morgan fingerprint density at radius 1 is 1.03 bits per heavy atom. The van der Waals surface area contributed by atoms with Crippen LogP contribution in [0.2, 0.25) is 0 Å². The molecule has 6 nitrogen and oxygen atoms in total. The number of likely N-dealkylation sites (tertiary alicyclic amines) is 1. The number of pyridine rings is 1. The molecule has 2 heterocycles. The van der Waals surface area contributed by atoms with Gasteiger partial charge in [-0.3, -0.25) is 4.79 Å². The zero-order valence-corrected chi connectivity index (χ0v) is 19.3. The van der Waals surface area contributed by atoms with Gasteiger partial charge in [-0.05, 0) is 55.0 Å². The molecule has 0 saturated carbocycles. The Morgan fingerprint density at radius 2 is 1.79 bits per heavy atom. The van der Waals surface area contributed by atoms with Crippen molar-refractivity contribution in [2.45, 2.75) is 50.3 Å². The summed E-state index contributed by atoms with van der Waals surface area (Å²) in [4.78, 5) is 33.1. The van der Waals surface area contributed by atoms with Gasteiger partial charge in [0.1, 0.15) is 17.8 Å². The second-order valence-electron chi connectivity index (χ2n) is 9.22. The zero-order valence-electron chi connectivity index (χ0n) is 19.3. The Balaban J connectivity index is 1.41. The number of amides is 1. The first-order valence-corrected chi connectivity index (χ1v) is 11.9. The van der Waals surface area contributed by atoms with Gasteiger partial charge in [-0.1, -0.05) is 60.7 Å². The summed E-state index contributed by atoms with van der Waals surface area (Å²) in [5.74, 6) is -0.568. The van der Waals surface area contributed by atoms with E-state index in [1.807, 2.05) is 61.5 Å². The van der Waals surface area contributed by atoms with Crippen LogP contribution in [0.3, 0.4) is 0 Å². The number of ether oxygens (including phenoxy) is 1. The second kappa shape index (κ2) is 9.39. The number of nitrogens with two attached hydrogens (primary N) is 1. The first-order valence-electron chi connectivity index (χ1n) is 11.9. The topological polar surface area (TPSA) is 85.5 Å². The summed E-state index contributed by atoms with van der Waals surface area (Å²) in [7, 11) is 0. The van der Waals surface area contributed by atoms with Gasteiger partial charge in [0, 0.05) is 18.5 Å². The average Bonchev–Trinajstić information content (AvgIpc) is 3.49. The maximum absolute atomic E-state index is 13.6. The fourth-order valence-corrected chi connectivity index (χ4v) is 5.08. The number of nitrogens with zero attached hydrogens (tertiary/aromatic N) is 2. The molecule has 0 bridgehead atoms. The number of rotatable bonds is 5. The highest BCUT2D eigenvalue weighted by atomic mass is 16.5. The Kier molecular flexibility index (Phi) is 6.16. The minimum Gasteiger partial charge on any atom is -0.456 e. The van der Waals surface area contributed by atoms with Crippen molar-refractivity contribution in [3.63, 3.8) is 0 Å². The monoisotopic (exact) mass is 455 g/mol. The Morgan fingerprint density at radius 3 is 2.59 bits per heavy atom. The lowest BCUT2D eigenvalue weighted by Crippen LogP contribution is -2.42. The van der Waals surface area contributed by atoms with Gasteiger partial charge in [-0.2, -0.15) is 0 Å². The lowest BCUT2D eigenvalue weighted by molar-refractivity contribution is -0.154. The fraction of sp³-hybridized carbons (Fsp3) is 0.321. The summed E-state index contributed by atoms with van der Waals surface area (Å²) in [6.07, 6.45) is 1.92. The van der Waals surface area contributed by atoms with Crippen LogP contribution in [0.1, 0.15) is 70.7 Å². The number of carbonyl (C=O) groups is 2. The average molecular weight is 456 g/mol. The highest BCUT2D eigenvalue weighted by Gasteiger charge is 2.43. The molecular formula is C28H29N3O3. The normalized spacial score (nSPS) is 22.3. The van der Waals surface area contributed by atoms with E-state index >= 15 is 0 Å². The third-order valence-electron chi connectivity index (χ3n) is 6.90. The van der Waals surface area contributed by atoms with Gasteiger partial charge in [0.2, 0.25) is 0 Å². The molecule has 1 aromatic heterocycles. The maximum atomic E-state index is 13.6. The van der Waals surface area contributed by atoms with Crippen LogP contribution in [0.25, 0.3) is 0 Å². The number of fused-ring (bicyclic) bond motifs is 1. The molecule has 3 aromatic rings. The summed E-state index contributed by atoms with van der Waals surface area (Å²) in [5.41, 5.74) is 10.3. The zero-order chi connectivity index (χ0) is 23.7. The minimum absolute atomic E-state index is 0.0511. The molecule has 0 spiro atoms. The van der Waals surface area contributed by atoms with E-state index in [1.165, 1.54) is 5.56 Å². The SMILES string of the molecule is CC(N)c1cccc(C(=O)N2CC(c3ccccc3)CC2C(=O)OC2CCc3ccccc32)n1. The third kappa shape index (κ3) is 4.33. The van der Waals surface area contributed by atoms with Gasteiger partial charge < -0.3 is 15.4 Å². The first kappa shape index (κ1) is 22.3. The molecule has 4 atom stereocenters. The van der Waals surface area contributed by atoms with Crippen LogP contribution in [0, 0.1) is 0 Å². The highest BCUT2D eigenvalue weighted by Crippen LogP contribution is 2.37. The fourth-order valence-electron chi connectivity index (χ4n) is 5.08. The third-order valence-corrected chi connectivity index (χ3v) is 6.90. The largest absolute Gasteiger partial charge is 0.456 e. The quantitative estimate of drug-likeness (QED) is 0.579. The maximum Gasteiger partial charge on any atom is 0.329 e. The Labute approximate surface area is 199 Å². The van der Waals surface area contributed by atoms with Gasteiger partial charge in [0.25, 0.3) is 5.91 Å². The van der Waals surface area contributed by atoms with Crippen LogP contribution in [-0.4, -0.2) is 34.3 Å². The molecule has 6 heteroatoms. The number of aryl methyl sites for hydroxylation is 1. The van der Waals surface area contributed by atoms with Gasteiger partial charge in [0.15, 0.2) is 0 Å². The van der Waals surface area contributed by atoms with Crippen LogP contribution in [0.15, 0.2) is 72.8 Å². The molecule has 1 amide bonds. The number of carbonyl (C=O) groups excluding carboxylic acids is 2. The van der Waals surface area contributed by atoms with E-state index in [2.05, 4.69) is 11.1 Å². The van der Waals surface area contributed by atoms with E-state index in [9.17, 15) is 9.59 Å². The number of aromatic nitrogens is 1. The van der Waals surface area contributed by atoms with E-state index in [0.717, 1.165) is 24.0 Å². The van der Waals surface area contributed by atoms with Crippen molar-refractivity contribution in [1.82, 2.24) is 9.88 Å². The highest BCUT2D eigenvalue weighted by molar-refractivity contribution is 5.96. The van der Waals surface area contributed by atoms with Crippen LogP contribution in [0.5, 0.6) is 0 Å². The summed E-state index contributed by atoms with van der Waals surface area (Å²) >= 11 is 0. The van der Waals surface area contributed by atoms with Crippen molar-refractivity contribution in [1.29, 1.82) is 0 Å². The molecule has 1 aliphatic heterocycles. The van der Waals surface area contributed by atoms with Crippen molar-refractivity contribution >= 4 is 11.9 Å². The molecule has 1 aliphatic carbocycles. The predicted octanol–water partition coefficient (Wildman–Crippen LogP) is 4.33. The molecule has 174 valence electrons. The molecular weight excluding hydrogens is 426 g/mol. The molecule has 4 unspecified atom stereocenters. The van der Waals surface area contributed by atoms with E-state index < -0.39 is 6.04 Å². The van der Waals surface area contributed by atoms with Gasteiger partial charge >= 0.3 is 5.97 Å². The molecule has 5 rings (SSSR count). The second-order valence-corrected chi connectivity index (χ2v) is 9.22. The summed E-state index contributed by atoms with van der Waals surface area (Å²) in [5, 5.41) is 0. The van der Waals surface area contributed by atoms with E-state index in [4.69, 9.17) is 10.5 Å². The standard InChI is InChI=1S/C28H29N3O3/c1-18(29)23-12-7-13-24(30-23)27(32)31-17-21(19-8-3-2-4-9-19)16-25(31)28(33)34-26-15-14-20-10-5-6-11-22(20)26/h2-13,18,21,25-26H,14-17,29H2,1H3. The lowest BCUT2D eigenvalue weighted by Gasteiger charge is -2.25. The Hall–Kier alpha value is -3.51. The van der Waals surface area contributed by atoms with E-state index in [-0.39, 0.29) is 29.9 Å². The smallest absolute Gasteiger partial charge is 0.329 e. The van der Waals surface area contributed by atoms with Crippen LogP contribution in [0.4, 0.5) is 0 Å². The van der Waals surface area contributed by atoms with E-state index in [1.54, 1.807) is 17.0 Å². The molecule has 34 heavy (non-hydrogen) atoms. The molecule has 2 aliphatic rings. The van der Waals surface area contributed by atoms with Gasteiger partial charge in [0.05, 0.1) is 5.69 Å². The van der Waals surface area contributed by atoms with Crippen molar-refractivity contribution in [2.24, 2.45) is 5.73 Å². The first-order chi connectivity index (χ1) is 16.5. The molecule has 0 radical (unpaired) electrons. The summed E-state index contributed by atoms with van der Waals surface area (Å²) in [6, 6.07) is 22.4. The predicted molar refractivity (Wildman–Crippen MR) is 129 cm³/mol. The minimum atomic E-state index is -0.661. The van der Waals surface area contributed by atoms with Crippen LogP contribution < -0.4 is 5.73 Å². The van der Waals surface area contributed by atoms with Crippen molar-refractivity contribution < 1.29 is 14.3 Å². The van der Waals surface area contributed by atoms with Gasteiger partial charge in [-0.25, -0.2) is 9.78 Å². The van der Waals surface area contributed by atoms with Crippen molar-refractivity contribution in [3.05, 3.63) is 101 Å². The summed E-state index contributed by atoms with van der Waals surface area (Å²) < 4.78 is 6.01. The van der Waals surface area contributed by atoms with E-state index in [0.29, 0.717) is 24.4 Å². The van der Waals surface area contributed by atoms with Crippen LogP contribution >= 0.6 is 0 Å². The molecule has 1 fully saturated rings. The molecule has 1 saturated heterocycles. The number of hydrogen-bond acceptors (Lipinski definition) is 5.